The first-order chi connectivity index (χ1) is 16.3. The third kappa shape index (κ3) is 6.38. The van der Waals surface area contributed by atoms with Gasteiger partial charge in [-0.25, -0.2) is 0 Å². The molecule has 34 heavy (non-hydrogen) atoms. The number of nitrogens with two attached hydrogens (primary N) is 1. The SMILES string of the molecule is NC(C=Cc1cc(Br)c(Br)c(Br)c1Br)=Cc1ccc(C=C2C=CC(C=C3C=CC([CH]=[Zn])=N3)=N2)[nH]1. The van der Waals surface area contributed by atoms with E-state index in [1.165, 1.54) is 0 Å². The minimum atomic E-state index is 0.632. The second-order valence-corrected chi connectivity index (χ2v) is 11.4. The van der Waals surface area contributed by atoms with Crippen LogP contribution in [0.5, 0.6) is 0 Å². The van der Waals surface area contributed by atoms with Gasteiger partial charge in [-0.2, -0.15) is 0 Å². The third-order valence-electron chi connectivity index (χ3n) is 4.81. The molecule has 0 atom stereocenters. The molecule has 2 aromatic rings. The summed E-state index contributed by atoms with van der Waals surface area (Å²) >= 11 is 15.4. The number of aromatic nitrogens is 1. The standard InChI is InChI=1S/C25H16Br4N4.Zn/c1-14-2-5-18(31-14)12-19-8-9-21(33-19)13-20-7-6-17(32-20)11-16(30)4-3-15-10-22(26)24(28)25(29)23(15)27;/h1-13,32H,30H2;. The van der Waals surface area contributed by atoms with Crippen molar-refractivity contribution in [3.8, 4) is 0 Å². The van der Waals surface area contributed by atoms with Gasteiger partial charge in [-0.05, 0) is 87.5 Å². The minimum absolute atomic E-state index is 0.632. The zero-order valence-electron chi connectivity index (χ0n) is 17.7. The topological polar surface area (TPSA) is 66.5 Å². The van der Waals surface area contributed by atoms with Gasteiger partial charge in [-0.15, -0.1) is 0 Å². The Hall–Kier alpha value is -1.51. The van der Waals surface area contributed by atoms with E-state index >= 15 is 0 Å². The van der Waals surface area contributed by atoms with E-state index in [1.807, 2.05) is 72.9 Å². The van der Waals surface area contributed by atoms with Gasteiger partial charge >= 0.3 is 120 Å². The van der Waals surface area contributed by atoms with Crippen molar-refractivity contribution in [1.82, 2.24) is 4.98 Å². The second-order valence-electron chi connectivity index (χ2n) is 7.32. The van der Waals surface area contributed by atoms with Crippen LogP contribution in [-0.2, 0) is 17.9 Å². The Kier molecular flexibility index (Phi) is 8.64. The quantitative estimate of drug-likeness (QED) is 0.135. The van der Waals surface area contributed by atoms with Crippen LogP contribution in [-0.4, -0.2) is 21.0 Å². The van der Waals surface area contributed by atoms with Crippen molar-refractivity contribution in [2.24, 2.45) is 15.7 Å². The summed E-state index contributed by atoms with van der Waals surface area (Å²) in [5.41, 5.74) is 13.5. The summed E-state index contributed by atoms with van der Waals surface area (Å²) < 4.78 is 5.89. The first kappa shape index (κ1) is 25.6. The molecule has 0 saturated heterocycles. The fourth-order valence-electron chi connectivity index (χ4n) is 3.18. The molecule has 0 fully saturated rings. The average molecular weight is 757 g/mol. The van der Waals surface area contributed by atoms with Crippen LogP contribution in [0.4, 0.5) is 0 Å². The van der Waals surface area contributed by atoms with Crippen molar-refractivity contribution in [1.29, 1.82) is 0 Å². The third-order valence-corrected chi connectivity index (χ3v) is 10.4. The Labute approximate surface area is 241 Å². The fraction of sp³-hybridized carbons (Fsp3) is 0. The first-order valence-electron chi connectivity index (χ1n) is 10.1. The van der Waals surface area contributed by atoms with Crippen molar-refractivity contribution in [2.45, 2.75) is 0 Å². The molecule has 2 aliphatic heterocycles. The van der Waals surface area contributed by atoms with Crippen molar-refractivity contribution < 1.29 is 17.9 Å². The van der Waals surface area contributed by atoms with Crippen LogP contribution >= 0.6 is 63.7 Å². The van der Waals surface area contributed by atoms with Gasteiger partial charge in [-0.1, -0.05) is 6.08 Å². The van der Waals surface area contributed by atoms with Crippen molar-refractivity contribution in [3.63, 3.8) is 0 Å². The predicted molar refractivity (Wildman–Crippen MR) is 155 cm³/mol. The van der Waals surface area contributed by atoms with E-state index in [4.69, 9.17) is 5.73 Å². The van der Waals surface area contributed by atoms with Gasteiger partial charge in [0.15, 0.2) is 0 Å². The van der Waals surface area contributed by atoms with Crippen LogP contribution in [0.3, 0.4) is 0 Å². The zero-order chi connectivity index (χ0) is 24.2. The molecule has 0 radical (unpaired) electrons. The number of rotatable bonds is 6. The molecule has 4 rings (SSSR count). The van der Waals surface area contributed by atoms with Gasteiger partial charge in [0.05, 0.1) is 0 Å². The molecule has 0 amide bonds. The van der Waals surface area contributed by atoms with E-state index in [-0.39, 0.29) is 0 Å². The van der Waals surface area contributed by atoms with Crippen LogP contribution in [0.15, 0.2) is 99.6 Å². The van der Waals surface area contributed by atoms with Crippen LogP contribution in [0, 0.1) is 0 Å². The number of aromatic amines is 1. The van der Waals surface area contributed by atoms with Crippen molar-refractivity contribution in [2.75, 3.05) is 0 Å². The van der Waals surface area contributed by atoms with E-state index in [1.54, 1.807) is 0 Å². The number of benzene rings is 1. The summed E-state index contributed by atoms with van der Waals surface area (Å²) in [6.45, 7) is 0. The van der Waals surface area contributed by atoms with Gasteiger partial charge in [-0.3, -0.25) is 0 Å². The Balaban J connectivity index is 1.46. The number of hydrogen-bond acceptors (Lipinski definition) is 3. The van der Waals surface area contributed by atoms with Crippen molar-refractivity contribution >= 4 is 98.0 Å². The first-order valence-corrected chi connectivity index (χ1v) is 15.0. The van der Waals surface area contributed by atoms with Gasteiger partial charge in [0.1, 0.15) is 0 Å². The molecule has 3 N–H and O–H groups in total. The Morgan fingerprint density at radius 2 is 1.53 bits per heavy atom. The predicted octanol–water partition coefficient (Wildman–Crippen LogP) is 7.67. The Morgan fingerprint density at radius 1 is 0.853 bits per heavy atom. The van der Waals surface area contributed by atoms with Crippen LogP contribution in [0.25, 0.3) is 18.2 Å². The molecule has 1 aromatic carbocycles. The molecule has 3 heterocycles. The zero-order valence-corrected chi connectivity index (χ0v) is 27.0. The molecule has 0 unspecified atom stereocenters. The summed E-state index contributed by atoms with van der Waals surface area (Å²) in [4.78, 5) is 12.5. The fourth-order valence-corrected chi connectivity index (χ4v) is 5.83. The van der Waals surface area contributed by atoms with Crippen LogP contribution in [0.2, 0.25) is 0 Å². The Morgan fingerprint density at radius 3 is 2.26 bits per heavy atom. The molecule has 0 spiro atoms. The number of H-pyrrole nitrogens is 1. The van der Waals surface area contributed by atoms with Gasteiger partial charge in [0.2, 0.25) is 0 Å². The number of allylic oxidation sites excluding steroid dienone is 6. The molecule has 0 saturated carbocycles. The summed E-state index contributed by atoms with van der Waals surface area (Å²) in [5.74, 6) is 0. The van der Waals surface area contributed by atoms with E-state index in [9.17, 15) is 0 Å². The summed E-state index contributed by atoms with van der Waals surface area (Å²) in [6, 6.07) is 6.01. The summed E-state index contributed by atoms with van der Waals surface area (Å²) in [7, 11) is 0. The molecule has 2 aliphatic rings. The van der Waals surface area contributed by atoms with Crippen molar-refractivity contribution in [3.05, 3.63) is 107 Å². The van der Waals surface area contributed by atoms with Gasteiger partial charge < -0.3 is 5.73 Å². The monoisotopic (exact) mass is 752 g/mol. The van der Waals surface area contributed by atoms with Gasteiger partial charge in [0.25, 0.3) is 0 Å². The van der Waals surface area contributed by atoms with Crippen LogP contribution < -0.4 is 5.73 Å². The number of aliphatic imine (C=N–C) groups is 2. The maximum absolute atomic E-state index is 6.23. The molecule has 0 bridgehead atoms. The number of nitrogens with one attached hydrogen (secondary N) is 1. The molecule has 166 valence electrons. The molecule has 1 aromatic heterocycles. The van der Waals surface area contributed by atoms with E-state index in [0.717, 1.165) is 75.5 Å². The van der Waals surface area contributed by atoms with Gasteiger partial charge in [0, 0.05) is 23.6 Å². The molecule has 9 heteroatoms. The molecule has 0 aliphatic carbocycles. The molecule has 4 nitrogen and oxygen atoms in total. The number of halogens is 4. The van der Waals surface area contributed by atoms with E-state index < -0.39 is 0 Å². The normalized spacial score (nSPS) is 18.0. The summed E-state index contributed by atoms with van der Waals surface area (Å²) in [6.07, 6.45) is 17.7. The number of hydrogen-bond donors (Lipinski definition) is 2. The molecular formula is C25H16Br4N4Zn. The van der Waals surface area contributed by atoms with Crippen LogP contribution in [0.1, 0.15) is 17.0 Å². The average Bonchev–Trinajstić information content (AvgIpc) is 3.56. The van der Waals surface area contributed by atoms with E-state index in [0.29, 0.717) is 5.70 Å². The Bertz CT molecular complexity index is 1420. The maximum atomic E-state index is 6.23. The molecular weight excluding hydrogens is 741 g/mol. The number of nitrogens with zero attached hydrogens (tertiary/aromatic N) is 2. The van der Waals surface area contributed by atoms with E-state index in [2.05, 4.69) is 83.3 Å². The summed E-state index contributed by atoms with van der Waals surface area (Å²) in [5, 5.41) is 0. The second kappa shape index (κ2) is 11.5.